The zero-order valence-electron chi connectivity index (χ0n) is 13.5. The molecule has 134 valence electrons. The summed E-state index contributed by atoms with van der Waals surface area (Å²) < 4.78 is 27.0. The third-order valence-corrected chi connectivity index (χ3v) is 6.16. The molecule has 0 aliphatic rings. The summed E-state index contributed by atoms with van der Waals surface area (Å²) in [5.41, 5.74) is 0.0323. The molecule has 0 aliphatic heterocycles. The van der Waals surface area contributed by atoms with Crippen molar-refractivity contribution < 1.29 is 13.2 Å². The smallest absolute Gasteiger partial charge is 0.261 e. The lowest BCUT2D eigenvalue weighted by Crippen LogP contribution is -2.36. The predicted octanol–water partition coefficient (Wildman–Crippen LogP) is 3.91. The highest BCUT2D eigenvalue weighted by Crippen LogP contribution is 2.24. The summed E-state index contributed by atoms with van der Waals surface area (Å²) in [4.78, 5) is 12.4. The highest BCUT2D eigenvalue weighted by atomic mass is 35.5. The third kappa shape index (κ3) is 4.87. The number of hydrogen-bond acceptors (Lipinski definition) is 3. The maximum Gasteiger partial charge on any atom is 0.261 e. The van der Waals surface area contributed by atoms with Crippen LogP contribution in [0, 0.1) is 5.41 Å². The van der Waals surface area contributed by atoms with Crippen LogP contribution in [0.4, 0.5) is 11.4 Å². The van der Waals surface area contributed by atoms with Gasteiger partial charge < -0.3 is 5.32 Å². The van der Waals surface area contributed by atoms with Gasteiger partial charge in [0.1, 0.15) is 0 Å². The fourth-order valence-electron chi connectivity index (χ4n) is 1.87. The van der Waals surface area contributed by atoms with Crippen molar-refractivity contribution in [2.75, 3.05) is 21.8 Å². The maximum absolute atomic E-state index is 12.3. The first-order valence-electron chi connectivity index (χ1n) is 7.42. The summed E-state index contributed by atoms with van der Waals surface area (Å²) in [7, 11) is -3.65. The Morgan fingerprint density at radius 1 is 0.960 bits per heavy atom. The summed E-state index contributed by atoms with van der Waals surface area (Å²) in [5.74, 6) is -0.107. The van der Waals surface area contributed by atoms with Gasteiger partial charge in [0.15, 0.2) is 0 Å². The largest absolute Gasteiger partial charge is 0.326 e. The number of carbonyl (C=O) groups excluding carboxylic acids is 1. The van der Waals surface area contributed by atoms with Crippen LogP contribution in [-0.2, 0) is 14.8 Å². The second kappa shape index (κ2) is 8.08. The van der Waals surface area contributed by atoms with E-state index in [1.54, 1.807) is 49.4 Å². The van der Waals surface area contributed by atoms with E-state index in [1.807, 2.05) is 0 Å². The molecule has 8 heteroatoms. The first kappa shape index (κ1) is 19.6. The van der Waals surface area contributed by atoms with Crippen molar-refractivity contribution in [2.24, 2.45) is 5.41 Å². The SMILES string of the molecule is CC(CCl)(CCl)C(=O)Nc1ccc(NS(=O)(=O)c2ccccc2)cc1. The molecule has 0 saturated carbocycles. The average Bonchev–Trinajstić information content (AvgIpc) is 2.63. The third-order valence-electron chi connectivity index (χ3n) is 3.59. The first-order valence-corrected chi connectivity index (χ1v) is 9.97. The summed E-state index contributed by atoms with van der Waals surface area (Å²) in [6, 6.07) is 14.4. The quantitative estimate of drug-likeness (QED) is 0.691. The van der Waals surface area contributed by atoms with Crippen LogP contribution in [0.25, 0.3) is 0 Å². The van der Waals surface area contributed by atoms with Gasteiger partial charge in [-0.25, -0.2) is 8.42 Å². The van der Waals surface area contributed by atoms with Crippen LogP contribution < -0.4 is 10.0 Å². The summed E-state index contributed by atoms with van der Waals surface area (Å²) in [5, 5.41) is 2.72. The molecule has 25 heavy (non-hydrogen) atoms. The highest BCUT2D eigenvalue weighted by molar-refractivity contribution is 7.92. The monoisotopic (exact) mass is 400 g/mol. The van der Waals surface area contributed by atoms with Gasteiger partial charge in [-0.05, 0) is 43.3 Å². The Hall–Kier alpha value is -1.76. The molecule has 0 saturated heterocycles. The number of hydrogen-bond donors (Lipinski definition) is 2. The van der Waals surface area contributed by atoms with Gasteiger partial charge in [-0.1, -0.05) is 18.2 Å². The number of benzene rings is 2. The van der Waals surface area contributed by atoms with Crippen LogP contribution in [0.3, 0.4) is 0 Å². The molecule has 0 unspecified atom stereocenters. The van der Waals surface area contributed by atoms with E-state index in [1.165, 1.54) is 12.1 Å². The Balaban J connectivity index is 2.09. The van der Waals surface area contributed by atoms with E-state index in [-0.39, 0.29) is 22.6 Å². The standard InChI is InChI=1S/C17H18Cl2N2O3S/c1-17(11-18,12-19)16(22)20-13-7-9-14(10-8-13)21-25(23,24)15-5-3-2-4-6-15/h2-10,21H,11-12H2,1H3,(H,20,22). The van der Waals surface area contributed by atoms with Crippen molar-refractivity contribution in [1.82, 2.24) is 0 Å². The minimum Gasteiger partial charge on any atom is -0.326 e. The Morgan fingerprint density at radius 3 is 2.00 bits per heavy atom. The molecular formula is C17H18Cl2N2O3S. The van der Waals surface area contributed by atoms with Gasteiger partial charge in [0, 0.05) is 23.1 Å². The van der Waals surface area contributed by atoms with Gasteiger partial charge in [-0.2, -0.15) is 0 Å². The van der Waals surface area contributed by atoms with E-state index >= 15 is 0 Å². The molecule has 0 atom stereocenters. The van der Waals surface area contributed by atoms with E-state index in [0.29, 0.717) is 11.4 Å². The molecule has 0 aliphatic carbocycles. The second-order valence-corrected chi connectivity index (χ2v) is 7.99. The first-order chi connectivity index (χ1) is 11.8. The number of anilines is 2. The molecule has 2 aromatic carbocycles. The van der Waals surface area contributed by atoms with E-state index in [0.717, 1.165) is 0 Å². The number of nitrogens with one attached hydrogen (secondary N) is 2. The van der Waals surface area contributed by atoms with Crippen molar-refractivity contribution in [2.45, 2.75) is 11.8 Å². The maximum atomic E-state index is 12.3. The molecule has 2 N–H and O–H groups in total. The van der Waals surface area contributed by atoms with E-state index in [2.05, 4.69) is 10.0 Å². The number of amides is 1. The zero-order chi connectivity index (χ0) is 18.5. The topological polar surface area (TPSA) is 75.3 Å². The van der Waals surface area contributed by atoms with Crippen LogP contribution in [0.5, 0.6) is 0 Å². The molecule has 2 aromatic rings. The summed E-state index contributed by atoms with van der Waals surface area (Å²) in [6.45, 7) is 1.67. The van der Waals surface area contributed by atoms with Crippen molar-refractivity contribution in [3.8, 4) is 0 Å². The van der Waals surface area contributed by atoms with Crippen molar-refractivity contribution >= 4 is 50.5 Å². The van der Waals surface area contributed by atoms with Gasteiger partial charge in [-0.15, -0.1) is 23.2 Å². The fraction of sp³-hybridized carbons (Fsp3) is 0.235. The molecule has 2 rings (SSSR count). The number of sulfonamides is 1. The van der Waals surface area contributed by atoms with Gasteiger partial charge in [0.2, 0.25) is 5.91 Å². The zero-order valence-corrected chi connectivity index (χ0v) is 15.8. The highest BCUT2D eigenvalue weighted by Gasteiger charge is 2.31. The fourth-order valence-corrected chi connectivity index (χ4v) is 3.48. The number of halogens is 2. The lowest BCUT2D eigenvalue weighted by atomic mass is 9.95. The van der Waals surface area contributed by atoms with Crippen molar-refractivity contribution in [1.29, 1.82) is 0 Å². The minimum absolute atomic E-state index is 0.0945. The molecule has 0 radical (unpaired) electrons. The lowest BCUT2D eigenvalue weighted by molar-refractivity contribution is -0.122. The van der Waals surface area contributed by atoms with Crippen molar-refractivity contribution in [3.63, 3.8) is 0 Å². The lowest BCUT2D eigenvalue weighted by Gasteiger charge is -2.23. The van der Waals surface area contributed by atoms with Crippen LogP contribution in [0.2, 0.25) is 0 Å². The summed E-state index contributed by atoms with van der Waals surface area (Å²) in [6.07, 6.45) is 0. The number of rotatable bonds is 7. The Labute approximate surface area is 157 Å². The van der Waals surface area contributed by atoms with Gasteiger partial charge in [0.25, 0.3) is 10.0 Å². The van der Waals surface area contributed by atoms with Gasteiger partial charge >= 0.3 is 0 Å². The van der Waals surface area contributed by atoms with E-state index in [9.17, 15) is 13.2 Å². The van der Waals surface area contributed by atoms with Crippen LogP contribution >= 0.6 is 23.2 Å². The summed E-state index contributed by atoms with van der Waals surface area (Å²) >= 11 is 11.6. The molecule has 0 heterocycles. The molecule has 0 aromatic heterocycles. The average molecular weight is 401 g/mol. The van der Waals surface area contributed by atoms with Crippen LogP contribution in [0.15, 0.2) is 59.5 Å². The minimum atomic E-state index is -3.65. The van der Waals surface area contributed by atoms with Crippen LogP contribution in [-0.4, -0.2) is 26.1 Å². The Morgan fingerprint density at radius 2 is 1.48 bits per heavy atom. The van der Waals surface area contributed by atoms with Gasteiger partial charge in [0.05, 0.1) is 10.3 Å². The van der Waals surface area contributed by atoms with E-state index < -0.39 is 15.4 Å². The van der Waals surface area contributed by atoms with Gasteiger partial charge in [-0.3, -0.25) is 9.52 Å². The second-order valence-electron chi connectivity index (χ2n) is 5.78. The number of alkyl halides is 2. The van der Waals surface area contributed by atoms with Crippen LogP contribution in [0.1, 0.15) is 6.92 Å². The Kier molecular flexibility index (Phi) is 6.32. The molecule has 0 bridgehead atoms. The molecule has 1 amide bonds. The predicted molar refractivity (Wildman–Crippen MR) is 102 cm³/mol. The molecular weight excluding hydrogens is 383 g/mol. The van der Waals surface area contributed by atoms with Crippen molar-refractivity contribution in [3.05, 3.63) is 54.6 Å². The number of carbonyl (C=O) groups is 1. The normalized spacial score (nSPS) is 11.8. The molecule has 0 spiro atoms. The van der Waals surface area contributed by atoms with E-state index in [4.69, 9.17) is 23.2 Å². The molecule has 0 fully saturated rings. The Bertz CT molecular complexity index is 821. The molecule has 5 nitrogen and oxygen atoms in total.